The zero-order chi connectivity index (χ0) is 11.5. The Morgan fingerprint density at radius 2 is 2.31 bits per heavy atom. The van der Waals surface area contributed by atoms with Crippen LogP contribution in [0.5, 0.6) is 0 Å². The van der Waals surface area contributed by atoms with Crippen molar-refractivity contribution >= 4 is 5.78 Å². The van der Waals surface area contributed by atoms with Crippen molar-refractivity contribution in [3.05, 3.63) is 23.8 Å². The molecular formula is C11H17N5. The molecule has 0 spiro atoms. The van der Waals surface area contributed by atoms with Crippen LogP contribution in [0.15, 0.2) is 12.4 Å². The van der Waals surface area contributed by atoms with E-state index in [-0.39, 0.29) is 0 Å². The standard InChI is InChI=1S/C11H17N5/c1-3-4-9(6-12)10-5-8(2)15-11-13-7-14-16(10)11/h5,7,9H,3-4,6,12H2,1-2H3. The Morgan fingerprint density at radius 1 is 1.50 bits per heavy atom. The highest BCUT2D eigenvalue weighted by Gasteiger charge is 2.14. The minimum absolute atomic E-state index is 0.330. The molecule has 2 aromatic rings. The third-order valence-corrected chi connectivity index (χ3v) is 2.75. The number of nitrogens with zero attached hydrogens (tertiary/aromatic N) is 4. The fraction of sp³-hybridized carbons (Fsp3) is 0.545. The van der Waals surface area contributed by atoms with Crippen molar-refractivity contribution in [1.29, 1.82) is 0 Å². The van der Waals surface area contributed by atoms with Gasteiger partial charge in [0, 0.05) is 18.2 Å². The quantitative estimate of drug-likeness (QED) is 0.840. The lowest BCUT2D eigenvalue weighted by molar-refractivity contribution is 0.587. The van der Waals surface area contributed by atoms with Gasteiger partial charge in [-0.15, -0.1) is 0 Å². The topological polar surface area (TPSA) is 69.1 Å². The van der Waals surface area contributed by atoms with Crippen molar-refractivity contribution in [2.75, 3.05) is 6.54 Å². The van der Waals surface area contributed by atoms with E-state index in [0.717, 1.165) is 24.2 Å². The molecule has 86 valence electrons. The molecule has 0 saturated heterocycles. The first-order chi connectivity index (χ1) is 7.76. The molecular weight excluding hydrogens is 202 g/mol. The van der Waals surface area contributed by atoms with Crippen molar-refractivity contribution in [2.45, 2.75) is 32.6 Å². The summed E-state index contributed by atoms with van der Waals surface area (Å²) < 4.78 is 1.79. The highest BCUT2D eigenvalue weighted by molar-refractivity contribution is 5.31. The highest BCUT2D eigenvalue weighted by atomic mass is 15.3. The molecule has 0 aliphatic carbocycles. The molecule has 2 heterocycles. The third kappa shape index (κ3) is 1.90. The molecule has 2 rings (SSSR count). The van der Waals surface area contributed by atoms with E-state index in [1.807, 2.05) is 6.92 Å². The van der Waals surface area contributed by atoms with E-state index in [0.29, 0.717) is 18.2 Å². The van der Waals surface area contributed by atoms with E-state index >= 15 is 0 Å². The maximum atomic E-state index is 5.82. The van der Waals surface area contributed by atoms with Crippen LogP contribution in [0.25, 0.3) is 5.78 Å². The molecule has 2 aromatic heterocycles. The number of rotatable bonds is 4. The Bertz CT molecular complexity index is 476. The molecule has 0 amide bonds. The lowest BCUT2D eigenvalue weighted by Gasteiger charge is -2.15. The molecule has 0 aromatic carbocycles. The van der Waals surface area contributed by atoms with Crippen LogP contribution >= 0.6 is 0 Å². The van der Waals surface area contributed by atoms with Crippen LogP contribution in [0.1, 0.15) is 37.1 Å². The van der Waals surface area contributed by atoms with Crippen molar-refractivity contribution in [3.8, 4) is 0 Å². The van der Waals surface area contributed by atoms with Gasteiger partial charge in [0.1, 0.15) is 6.33 Å². The Balaban J connectivity index is 2.52. The molecule has 5 nitrogen and oxygen atoms in total. The molecule has 0 aliphatic rings. The lowest BCUT2D eigenvalue weighted by atomic mass is 9.99. The van der Waals surface area contributed by atoms with Gasteiger partial charge in [0.25, 0.3) is 5.78 Å². The van der Waals surface area contributed by atoms with Crippen molar-refractivity contribution in [1.82, 2.24) is 19.6 Å². The fourth-order valence-electron chi connectivity index (χ4n) is 1.98. The molecule has 2 N–H and O–H groups in total. The second-order valence-electron chi connectivity index (χ2n) is 4.02. The Morgan fingerprint density at radius 3 is 3.00 bits per heavy atom. The first kappa shape index (κ1) is 11.0. The maximum Gasteiger partial charge on any atom is 0.252 e. The summed E-state index contributed by atoms with van der Waals surface area (Å²) >= 11 is 0. The largest absolute Gasteiger partial charge is 0.330 e. The number of aromatic nitrogens is 4. The van der Waals surface area contributed by atoms with Crippen LogP contribution < -0.4 is 5.73 Å². The zero-order valence-corrected chi connectivity index (χ0v) is 9.72. The second-order valence-corrected chi connectivity index (χ2v) is 4.02. The van der Waals surface area contributed by atoms with Crippen LogP contribution in [0.4, 0.5) is 0 Å². The van der Waals surface area contributed by atoms with Crippen molar-refractivity contribution in [3.63, 3.8) is 0 Å². The van der Waals surface area contributed by atoms with E-state index in [4.69, 9.17) is 5.73 Å². The number of nitrogens with two attached hydrogens (primary N) is 1. The second kappa shape index (κ2) is 4.57. The van der Waals surface area contributed by atoms with Crippen LogP contribution in [-0.2, 0) is 0 Å². The van der Waals surface area contributed by atoms with Crippen LogP contribution in [0, 0.1) is 6.92 Å². The van der Waals surface area contributed by atoms with E-state index in [9.17, 15) is 0 Å². The number of hydrogen-bond acceptors (Lipinski definition) is 4. The Hall–Kier alpha value is -1.49. The van der Waals surface area contributed by atoms with E-state index in [1.54, 1.807) is 4.52 Å². The van der Waals surface area contributed by atoms with Crippen molar-refractivity contribution in [2.24, 2.45) is 5.73 Å². The monoisotopic (exact) mass is 219 g/mol. The lowest BCUT2D eigenvalue weighted by Crippen LogP contribution is -2.16. The first-order valence-electron chi connectivity index (χ1n) is 5.63. The molecule has 5 heteroatoms. The minimum atomic E-state index is 0.330. The molecule has 1 atom stereocenters. The van der Waals surface area contributed by atoms with Gasteiger partial charge in [-0.05, 0) is 19.4 Å². The predicted molar refractivity (Wildman–Crippen MR) is 62.2 cm³/mol. The summed E-state index contributed by atoms with van der Waals surface area (Å²) in [6, 6.07) is 2.05. The smallest absolute Gasteiger partial charge is 0.252 e. The summed E-state index contributed by atoms with van der Waals surface area (Å²) in [6.45, 7) is 4.76. The summed E-state index contributed by atoms with van der Waals surface area (Å²) in [5.74, 6) is 0.987. The summed E-state index contributed by atoms with van der Waals surface area (Å²) in [5.41, 5.74) is 7.90. The summed E-state index contributed by atoms with van der Waals surface area (Å²) in [6.07, 6.45) is 3.71. The molecule has 0 fully saturated rings. The van der Waals surface area contributed by atoms with E-state index < -0.39 is 0 Å². The fourth-order valence-corrected chi connectivity index (χ4v) is 1.98. The van der Waals surface area contributed by atoms with E-state index in [1.165, 1.54) is 6.33 Å². The van der Waals surface area contributed by atoms with Crippen LogP contribution in [-0.4, -0.2) is 26.1 Å². The van der Waals surface area contributed by atoms with Gasteiger partial charge in [-0.3, -0.25) is 0 Å². The number of hydrogen-bond donors (Lipinski definition) is 1. The van der Waals surface area contributed by atoms with Gasteiger partial charge in [0.2, 0.25) is 0 Å². The zero-order valence-electron chi connectivity index (χ0n) is 9.72. The third-order valence-electron chi connectivity index (χ3n) is 2.75. The number of aryl methyl sites for hydroxylation is 1. The molecule has 1 unspecified atom stereocenters. The van der Waals surface area contributed by atoms with Gasteiger partial charge in [0.15, 0.2) is 0 Å². The first-order valence-corrected chi connectivity index (χ1v) is 5.63. The Kier molecular flexibility index (Phi) is 3.14. The molecule has 16 heavy (non-hydrogen) atoms. The van der Waals surface area contributed by atoms with Gasteiger partial charge in [0.05, 0.1) is 5.69 Å². The van der Waals surface area contributed by atoms with Crippen LogP contribution in [0.2, 0.25) is 0 Å². The molecule has 0 saturated carbocycles. The summed E-state index contributed by atoms with van der Waals surface area (Å²) in [4.78, 5) is 8.44. The van der Waals surface area contributed by atoms with Gasteiger partial charge in [-0.2, -0.15) is 10.1 Å². The highest BCUT2D eigenvalue weighted by Crippen LogP contribution is 2.20. The average molecular weight is 219 g/mol. The van der Waals surface area contributed by atoms with E-state index in [2.05, 4.69) is 28.1 Å². The van der Waals surface area contributed by atoms with Crippen LogP contribution in [0.3, 0.4) is 0 Å². The SMILES string of the molecule is CCCC(CN)c1cc(C)nc2ncnn12. The van der Waals surface area contributed by atoms with Gasteiger partial charge >= 0.3 is 0 Å². The maximum absolute atomic E-state index is 5.82. The average Bonchev–Trinajstić information content (AvgIpc) is 2.72. The Labute approximate surface area is 94.7 Å². The summed E-state index contributed by atoms with van der Waals surface area (Å²) in [5, 5.41) is 4.20. The van der Waals surface area contributed by atoms with Gasteiger partial charge < -0.3 is 5.73 Å². The normalized spacial score (nSPS) is 13.2. The molecule has 0 bridgehead atoms. The molecule has 0 radical (unpaired) electrons. The predicted octanol–water partition coefficient (Wildman–Crippen LogP) is 1.28. The summed E-state index contributed by atoms with van der Waals surface area (Å²) in [7, 11) is 0. The minimum Gasteiger partial charge on any atom is -0.330 e. The van der Waals surface area contributed by atoms with Crippen molar-refractivity contribution < 1.29 is 0 Å². The van der Waals surface area contributed by atoms with Gasteiger partial charge in [-0.25, -0.2) is 9.50 Å². The van der Waals surface area contributed by atoms with Gasteiger partial charge in [-0.1, -0.05) is 13.3 Å². The number of fused-ring (bicyclic) bond motifs is 1. The molecule has 0 aliphatic heterocycles.